The highest BCUT2D eigenvalue weighted by Crippen LogP contribution is 2.30. The number of nitro benzene ring substituents is 1. The maximum absolute atomic E-state index is 12.6. The monoisotopic (exact) mass is 446 g/mol. The number of carbonyl (C=O) groups excluding carboxylic acids is 3. The van der Waals surface area contributed by atoms with E-state index in [1.807, 2.05) is 0 Å². The minimum atomic E-state index is -0.782. The molecule has 0 heterocycles. The molecule has 0 fully saturated rings. The molecule has 0 aromatic heterocycles. The second-order valence-electron chi connectivity index (χ2n) is 6.28. The van der Waals surface area contributed by atoms with Crippen molar-refractivity contribution in [3.05, 3.63) is 58.1 Å². The SMILES string of the molecule is CCN(CC(=O)Nc1cccc(OC)c1)C(=O)CSc1ccc(C(N)=O)cc1[N+](=O)[O-]. The van der Waals surface area contributed by atoms with Crippen LogP contribution in [0.3, 0.4) is 0 Å². The lowest BCUT2D eigenvalue weighted by molar-refractivity contribution is -0.387. The third-order valence-electron chi connectivity index (χ3n) is 4.21. The highest BCUT2D eigenvalue weighted by atomic mass is 32.2. The summed E-state index contributed by atoms with van der Waals surface area (Å²) in [5.41, 5.74) is 5.39. The minimum Gasteiger partial charge on any atom is -0.497 e. The third kappa shape index (κ3) is 6.71. The Labute approximate surface area is 182 Å². The first-order valence-corrected chi connectivity index (χ1v) is 10.2. The van der Waals surface area contributed by atoms with Gasteiger partial charge in [0.25, 0.3) is 5.69 Å². The van der Waals surface area contributed by atoms with Crippen LogP contribution < -0.4 is 15.8 Å². The molecule has 2 aromatic carbocycles. The minimum absolute atomic E-state index is 0.00627. The Bertz CT molecular complexity index is 997. The van der Waals surface area contributed by atoms with Crippen LogP contribution in [0.1, 0.15) is 17.3 Å². The number of anilines is 1. The Morgan fingerprint density at radius 1 is 1.23 bits per heavy atom. The number of hydrogen-bond donors (Lipinski definition) is 2. The van der Waals surface area contributed by atoms with E-state index in [2.05, 4.69) is 5.32 Å². The molecule has 2 rings (SSSR count). The van der Waals surface area contributed by atoms with Crippen molar-refractivity contribution >= 4 is 40.9 Å². The number of nitrogens with one attached hydrogen (secondary N) is 1. The quantitative estimate of drug-likeness (QED) is 0.323. The molecular weight excluding hydrogens is 424 g/mol. The fraction of sp³-hybridized carbons (Fsp3) is 0.250. The van der Waals surface area contributed by atoms with E-state index in [9.17, 15) is 24.5 Å². The van der Waals surface area contributed by atoms with Crippen LogP contribution in [0.5, 0.6) is 5.75 Å². The number of ether oxygens (including phenoxy) is 1. The number of benzene rings is 2. The topological polar surface area (TPSA) is 145 Å². The van der Waals surface area contributed by atoms with Crippen molar-refractivity contribution in [1.82, 2.24) is 4.90 Å². The molecule has 0 spiro atoms. The van der Waals surface area contributed by atoms with Gasteiger partial charge in [-0.2, -0.15) is 0 Å². The van der Waals surface area contributed by atoms with Crippen LogP contribution >= 0.6 is 11.8 Å². The summed E-state index contributed by atoms with van der Waals surface area (Å²) < 4.78 is 5.11. The van der Waals surface area contributed by atoms with Gasteiger partial charge in [-0.1, -0.05) is 6.07 Å². The lowest BCUT2D eigenvalue weighted by Gasteiger charge is -2.20. The molecule has 0 unspecified atom stereocenters. The number of nitrogens with two attached hydrogens (primary N) is 1. The second-order valence-corrected chi connectivity index (χ2v) is 7.30. The van der Waals surface area contributed by atoms with Crippen molar-refractivity contribution in [1.29, 1.82) is 0 Å². The summed E-state index contributed by atoms with van der Waals surface area (Å²) >= 11 is 0.950. The van der Waals surface area contributed by atoms with Gasteiger partial charge in [-0.3, -0.25) is 24.5 Å². The number of amides is 3. The first kappa shape index (κ1) is 23.7. The van der Waals surface area contributed by atoms with Gasteiger partial charge in [0.1, 0.15) is 5.75 Å². The van der Waals surface area contributed by atoms with Crippen molar-refractivity contribution in [3.63, 3.8) is 0 Å². The molecule has 0 atom stereocenters. The predicted octanol–water partition coefficient (Wildman–Crippen LogP) is 2.28. The van der Waals surface area contributed by atoms with Gasteiger partial charge in [0.15, 0.2) is 0 Å². The molecular formula is C20H22N4O6S. The number of hydrogen-bond acceptors (Lipinski definition) is 7. The van der Waals surface area contributed by atoms with Gasteiger partial charge in [0.05, 0.1) is 29.2 Å². The van der Waals surface area contributed by atoms with Crippen LogP contribution in [0, 0.1) is 10.1 Å². The molecule has 0 bridgehead atoms. The first-order valence-electron chi connectivity index (χ1n) is 9.17. The Morgan fingerprint density at radius 2 is 1.97 bits per heavy atom. The molecule has 0 saturated carbocycles. The second kappa shape index (κ2) is 11.0. The van der Waals surface area contributed by atoms with Gasteiger partial charge in [-0.25, -0.2) is 0 Å². The third-order valence-corrected chi connectivity index (χ3v) is 5.26. The van der Waals surface area contributed by atoms with E-state index >= 15 is 0 Å². The summed E-state index contributed by atoms with van der Waals surface area (Å²) in [6, 6.07) is 10.6. The molecule has 2 aromatic rings. The normalized spacial score (nSPS) is 10.3. The number of thioether (sulfide) groups is 1. The molecule has 3 N–H and O–H groups in total. The van der Waals surface area contributed by atoms with Crippen LogP contribution in [0.4, 0.5) is 11.4 Å². The number of nitro groups is 1. The maximum atomic E-state index is 12.6. The Kier molecular flexibility index (Phi) is 8.38. The average molecular weight is 446 g/mol. The van der Waals surface area contributed by atoms with Gasteiger partial charge in [-0.15, -0.1) is 11.8 Å². The van der Waals surface area contributed by atoms with E-state index in [0.717, 1.165) is 17.8 Å². The number of likely N-dealkylation sites (N-methyl/N-ethyl adjacent to an activating group) is 1. The molecule has 3 amide bonds. The fourth-order valence-corrected chi connectivity index (χ4v) is 3.52. The van der Waals surface area contributed by atoms with E-state index in [1.165, 1.54) is 24.1 Å². The largest absolute Gasteiger partial charge is 0.497 e. The zero-order valence-electron chi connectivity index (χ0n) is 17.0. The molecule has 164 valence electrons. The van der Waals surface area contributed by atoms with Crippen molar-refractivity contribution in [3.8, 4) is 5.75 Å². The number of methoxy groups -OCH3 is 1. The predicted molar refractivity (Wildman–Crippen MR) is 116 cm³/mol. The Morgan fingerprint density at radius 3 is 2.58 bits per heavy atom. The first-order chi connectivity index (χ1) is 14.7. The summed E-state index contributed by atoms with van der Waals surface area (Å²) in [7, 11) is 1.52. The van der Waals surface area contributed by atoms with E-state index < -0.39 is 10.8 Å². The van der Waals surface area contributed by atoms with Gasteiger partial charge in [0, 0.05) is 29.9 Å². The van der Waals surface area contributed by atoms with Gasteiger partial charge >= 0.3 is 0 Å². The van der Waals surface area contributed by atoms with Gasteiger partial charge < -0.3 is 20.7 Å². The van der Waals surface area contributed by atoms with Crippen molar-refractivity contribution in [2.45, 2.75) is 11.8 Å². The molecule has 0 aliphatic heterocycles. The van der Waals surface area contributed by atoms with E-state index in [-0.39, 0.29) is 46.8 Å². The molecule has 31 heavy (non-hydrogen) atoms. The van der Waals surface area contributed by atoms with Gasteiger partial charge in [0.2, 0.25) is 17.7 Å². The molecule has 0 radical (unpaired) electrons. The number of rotatable bonds is 10. The molecule has 10 nitrogen and oxygen atoms in total. The number of primary amides is 1. The van der Waals surface area contributed by atoms with E-state index in [1.54, 1.807) is 31.2 Å². The van der Waals surface area contributed by atoms with Crippen molar-refractivity contribution in [2.24, 2.45) is 5.73 Å². The molecule has 0 aliphatic carbocycles. The van der Waals surface area contributed by atoms with E-state index in [4.69, 9.17) is 10.5 Å². The molecule has 0 saturated heterocycles. The highest BCUT2D eigenvalue weighted by Gasteiger charge is 2.20. The average Bonchev–Trinajstić information content (AvgIpc) is 2.75. The van der Waals surface area contributed by atoms with E-state index in [0.29, 0.717) is 11.4 Å². The molecule has 11 heteroatoms. The van der Waals surface area contributed by atoms with Crippen LogP contribution in [0.2, 0.25) is 0 Å². The summed E-state index contributed by atoms with van der Waals surface area (Å²) in [6.07, 6.45) is 0. The molecule has 0 aliphatic rings. The summed E-state index contributed by atoms with van der Waals surface area (Å²) in [5.74, 6) is -1.06. The zero-order chi connectivity index (χ0) is 23.0. The van der Waals surface area contributed by atoms with Crippen LogP contribution in [-0.4, -0.2) is 53.5 Å². The Balaban J connectivity index is 2.00. The van der Waals surface area contributed by atoms with Gasteiger partial charge in [-0.05, 0) is 31.2 Å². The van der Waals surface area contributed by atoms with Crippen LogP contribution in [0.15, 0.2) is 47.4 Å². The Hall–Kier alpha value is -3.60. The summed E-state index contributed by atoms with van der Waals surface area (Å²) in [5, 5.41) is 14.0. The smallest absolute Gasteiger partial charge is 0.283 e. The van der Waals surface area contributed by atoms with Crippen LogP contribution in [0.25, 0.3) is 0 Å². The maximum Gasteiger partial charge on any atom is 0.283 e. The summed E-state index contributed by atoms with van der Waals surface area (Å²) in [6.45, 7) is 1.84. The zero-order valence-corrected chi connectivity index (χ0v) is 17.8. The standard InChI is InChI=1S/C20H22N4O6S/c1-3-23(11-18(25)22-14-5-4-6-15(10-14)30-2)19(26)12-31-17-8-7-13(20(21)27)9-16(17)24(28)29/h4-10H,3,11-12H2,1-2H3,(H2,21,27)(H,22,25). The lowest BCUT2D eigenvalue weighted by Crippen LogP contribution is -2.38. The fourth-order valence-electron chi connectivity index (χ4n) is 2.62. The van der Waals surface area contributed by atoms with Crippen molar-refractivity contribution < 1.29 is 24.0 Å². The van der Waals surface area contributed by atoms with Crippen molar-refractivity contribution in [2.75, 3.05) is 31.3 Å². The highest BCUT2D eigenvalue weighted by molar-refractivity contribution is 8.00. The lowest BCUT2D eigenvalue weighted by atomic mass is 10.2. The number of nitrogens with zero attached hydrogens (tertiary/aromatic N) is 2. The number of carbonyl (C=O) groups is 3. The van der Waals surface area contributed by atoms with Crippen LogP contribution in [-0.2, 0) is 9.59 Å². The summed E-state index contributed by atoms with van der Waals surface area (Å²) in [4.78, 5) is 48.3.